The maximum atomic E-state index is 13.0. The van der Waals surface area contributed by atoms with E-state index in [2.05, 4.69) is 16.9 Å². The van der Waals surface area contributed by atoms with Gasteiger partial charge in [-0.05, 0) is 36.8 Å². The second kappa shape index (κ2) is 5.70. The largest absolute Gasteiger partial charge is 0.323 e. The predicted octanol–water partition coefficient (Wildman–Crippen LogP) is 3.16. The Bertz CT molecular complexity index is 985. The molecule has 0 radical (unpaired) electrons. The Hall–Kier alpha value is -1.76. The molecule has 118 valence electrons. The van der Waals surface area contributed by atoms with E-state index in [1.54, 1.807) is 15.9 Å². The molecule has 3 heterocycles. The molecule has 0 saturated carbocycles. The number of aromatic nitrogens is 2. The quantitative estimate of drug-likeness (QED) is 0.727. The molecule has 1 N–H and O–H groups in total. The van der Waals surface area contributed by atoms with Gasteiger partial charge < -0.3 is 9.88 Å². The average Bonchev–Trinajstić information content (AvgIpc) is 2.89. The highest BCUT2D eigenvalue weighted by Gasteiger charge is 2.22. The number of aromatic amines is 1. The standard InChI is InChI=1S/C17H17N3OS2/c1-19-8-7-12-13(10-19)23-15-14(12)16(21)20(17(22)18-15)9-11-5-3-2-4-6-11/h2-6H,7-10H2,1H3,(H,18,22). The van der Waals surface area contributed by atoms with Gasteiger partial charge in [0.2, 0.25) is 0 Å². The first-order valence-electron chi connectivity index (χ1n) is 7.63. The number of rotatable bonds is 2. The van der Waals surface area contributed by atoms with E-state index in [-0.39, 0.29) is 5.56 Å². The number of hydrogen-bond acceptors (Lipinski definition) is 4. The minimum absolute atomic E-state index is 0.0367. The Morgan fingerprint density at radius 3 is 2.87 bits per heavy atom. The first kappa shape index (κ1) is 14.8. The summed E-state index contributed by atoms with van der Waals surface area (Å²) in [6.45, 7) is 2.41. The van der Waals surface area contributed by atoms with Crippen LogP contribution in [0.15, 0.2) is 35.1 Å². The van der Waals surface area contributed by atoms with E-state index in [1.165, 1.54) is 10.4 Å². The van der Waals surface area contributed by atoms with Gasteiger partial charge in [-0.25, -0.2) is 0 Å². The predicted molar refractivity (Wildman–Crippen MR) is 96.9 cm³/mol. The smallest absolute Gasteiger partial charge is 0.263 e. The highest BCUT2D eigenvalue weighted by atomic mass is 32.1. The number of nitrogens with zero attached hydrogens (tertiary/aromatic N) is 2. The highest BCUT2D eigenvalue weighted by Crippen LogP contribution is 2.31. The van der Waals surface area contributed by atoms with Crippen molar-refractivity contribution in [3.05, 3.63) is 61.5 Å². The molecule has 0 fully saturated rings. The third-order valence-electron chi connectivity index (χ3n) is 4.36. The van der Waals surface area contributed by atoms with Gasteiger partial charge in [-0.3, -0.25) is 9.36 Å². The Kier molecular flexibility index (Phi) is 3.67. The summed E-state index contributed by atoms with van der Waals surface area (Å²) in [5.74, 6) is 0. The van der Waals surface area contributed by atoms with Gasteiger partial charge in [-0.2, -0.15) is 0 Å². The lowest BCUT2D eigenvalue weighted by atomic mass is 10.1. The zero-order valence-corrected chi connectivity index (χ0v) is 14.5. The molecule has 0 spiro atoms. The molecule has 1 aromatic carbocycles. The first-order valence-corrected chi connectivity index (χ1v) is 8.86. The van der Waals surface area contributed by atoms with Crippen LogP contribution in [0.4, 0.5) is 0 Å². The molecule has 0 aliphatic carbocycles. The van der Waals surface area contributed by atoms with Crippen LogP contribution in [-0.4, -0.2) is 28.0 Å². The number of fused-ring (bicyclic) bond motifs is 3. The summed E-state index contributed by atoms with van der Waals surface area (Å²) >= 11 is 7.10. The van der Waals surface area contributed by atoms with E-state index in [4.69, 9.17) is 12.2 Å². The molecule has 0 amide bonds. The molecule has 0 atom stereocenters. The van der Waals surface area contributed by atoms with Gasteiger partial charge in [-0.1, -0.05) is 30.3 Å². The van der Waals surface area contributed by atoms with E-state index < -0.39 is 0 Å². The maximum absolute atomic E-state index is 13.0. The third kappa shape index (κ3) is 2.56. The Morgan fingerprint density at radius 1 is 1.30 bits per heavy atom. The molecule has 2 aromatic heterocycles. The van der Waals surface area contributed by atoms with Crippen LogP contribution in [0.2, 0.25) is 0 Å². The second-order valence-corrected chi connectivity index (χ2v) is 7.49. The maximum Gasteiger partial charge on any atom is 0.263 e. The van der Waals surface area contributed by atoms with Crippen LogP contribution >= 0.6 is 23.6 Å². The Morgan fingerprint density at radius 2 is 2.09 bits per heavy atom. The van der Waals surface area contributed by atoms with Gasteiger partial charge in [0.05, 0.1) is 11.9 Å². The summed E-state index contributed by atoms with van der Waals surface area (Å²) in [5, 5.41) is 0.836. The summed E-state index contributed by atoms with van der Waals surface area (Å²) < 4.78 is 2.18. The SMILES string of the molecule is CN1CCc2c(sc3[nH]c(=S)n(Cc4ccccc4)c(=O)c23)C1. The fourth-order valence-corrected chi connectivity index (χ4v) is 4.78. The second-order valence-electron chi connectivity index (χ2n) is 6.00. The lowest BCUT2D eigenvalue weighted by molar-refractivity contribution is 0.318. The zero-order chi connectivity index (χ0) is 16.0. The fourth-order valence-electron chi connectivity index (χ4n) is 3.15. The molecule has 0 unspecified atom stereocenters. The van der Waals surface area contributed by atoms with E-state index in [0.29, 0.717) is 11.3 Å². The molecule has 4 nitrogen and oxygen atoms in total. The average molecular weight is 343 g/mol. The molecule has 6 heteroatoms. The molecule has 0 saturated heterocycles. The van der Waals surface area contributed by atoms with Crippen LogP contribution in [-0.2, 0) is 19.5 Å². The number of likely N-dealkylation sites (N-methyl/N-ethyl adjacent to an activating group) is 1. The molecule has 1 aliphatic rings. The van der Waals surface area contributed by atoms with E-state index in [0.717, 1.165) is 35.3 Å². The van der Waals surface area contributed by atoms with Crippen LogP contribution in [0.3, 0.4) is 0 Å². The summed E-state index contributed by atoms with van der Waals surface area (Å²) in [5.41, 5.74) is 2.33. The topological polar surface area (TPSA) is 41.0 Å². The van der Waals surface area contributed by atoms with Crippen molar-refractivity contribution in [2.75, 3.05) is 13.6 Å². The van der Waals surface area contributed by atoms with E-state index in [9.17, 15) is 4.79 Å². The van der Waals surface area contributed by atoms with Gasteiger partial charge in [-0.15, -0.1) is 11.3 Å². The summed E-state index contributed by atoms with van der Waals surface area (Å²) in [4.78, 5) is 20.8. The van der Waals surface area contributed by atoms with Gasteiger partial charge >= 0.3 is 0 Å². The molecule has 4 rings (SSSR count). The minimum atomic E-state index is 0.0367. The van der Waals surface area contributed by atoms with Crippen molar-refractivity contribution in [2.24, 2.45) is 0 Å². The van der Waals surface area contributed by atoms with Crippen molar-refractivity contribution in [1.82, 2.24) is 14.5 Å². The number of nitrogens with one attached hydrogen (secondary N) is 1. The fraction of sp³-hybridized carbons (Fsp3) is 0.294. The molecule has 0 bridgehead atoms. The number of benzene rings is 1. The summed E-state index contributed by atoms with van der Waals surface area (Å²) in [6.07, 6.45) is 0.928. The number of H-pyrrole nitrogens is 1. The lowest BCUT2D eigenvalue weighted by Crippen LogP contribution is -2.27. The lowest BCUT2D eigenvalue weighted by Gasteiger charge is -2.21. The minimum Gasteiger partial charge on any atom is -0.323 e. The molecular formula is C17H17N3OS2. The van der Waals surface area contributed by atoms with E-state index in [1.807, 2.05) is 30.3 Å². The molecule has 3 aromatic rings. The van der Waals surface area contributed by atoms with Gasteiger partial charge in [0.25, 0.3) is 5.56 Å². The van der Waals surface area contributed by atoms with Gasteiger partial charge in [0.1, 0.15) is 4.83 Å². The van der Waals surface area contributed by atoms with Gasteiger partial charge in [0, 0.05) is 18.0 Å². The molecule has 23 heavy (non-hydrogen) atoms. The van der Waals surface area contributed by atoms with Crippen molar-refractivity contribution >= 4 is 33.8 Å². The van der Waals surface area contributed by atoms with Crippen molar-refractivity contribution in [2.45, 2.75) is 19.5 Å². The Labute approximate surface area is 143 Å². The highest BCUT2D eigenvalue weighted by molar-refractivity contribution is 7.71. The first-order chi connectivity index (χ1) is 11.1. The summed E-state index contributed by atoms with van der Waals surface area (Å²) in [7, 11) is 2.11. The Balaban J connectivity index is 1.90. The number of hydrogen-bond donors (Lipinski definition) is 1. The van der Waals surface area contributed by atoms with Crippen molar-refractivity contribution in [3.8, 4) is 0 Å². The van der Waals surface area contributed by atoms with Crippen LogP contribution in [0, 0.1) is 4.77 Å². The normalized spacial score (nSPS) is 15.0. The van der Waals surface area contributed by atoms with Crippen LogP contribution in [0.5, 0.6) is 0 Å². The van der Waals surface area contributed by atoms with Gasteiger partial charge in [0.15, 0.2) is 4.77 Å². The summed E-state index contributed by atoms with van der Waals surface area (Å²) in [6, 6.07) is 9.97. The van der Waals surface area contributed by atoms with Crippen molar-refractivity contribution < 1.29 is 0 Å². The molecule has 1 aliphatic heterocycles. The monoisotopic (exact) mass is 343 g/mol. The third-order valence-corrected chi connectivity index (χ3v) is 5.81. The van der Waals surface area contributed by atoms with Crippen LogP contribution < -0.4 is 5.56 Å². The van der Waals surface area contributed by atoms with E-state index >= 15 is 0 Å². The van der Waals surface area contributed by atoms with Crippen molar-refractivity contribution in [1.29, 1.82) is 0 Å². The van der Waals surface area contributed by atoms with Crippen molar-refractivity contribution in [3.63, 3.8) is 0 Å². The van der Waals surface area contributed by atoms with Crippen LogP contribution in [0.25, 0.3) is 10.2 Å². The zero-order valence-electron chi connectivity index (χ0n) is 12.8. The molecular weight excluding hydrogens is 326 g/mol. The number of thiophene rings is 1. The van der Waals surface area contributed by atoms with Crippen LogP contribution in [0.1, 0.15) is 16.0 Å².